The first-order valence-corrected chi connectivity index (χ1v) is 7.35. The number of benzene rings is 1. The van der Waals surface area contributed by atoms with Gasteiger partial charge in [-0.15, -0.1) is 0 Å². The zero-order valence-electron chi connectivity index (χ0n) is 11.9. The first kappa shape index (κ1) is 12.8. The van der Waals surface area contributed by atoms with Crippen LogP contribution in [0.1, 0.15) is 33.1 Å². The molecule has 3 heteroatoms. The van der Waals surface area contributed by atoms with Gasteiger partial charge in [-0.2, -0.15) is 0 Å². The second kappa shape index (κ2) is 5.04. The largest absolute Gasteiger partial charge is 0.485 e. The van der Waals surface area contributed by atoms with Crippen LogP contribution >= 0.6 is 0 Å². The molecule has 2 N–H and O–H groups in total. The molecule has 1 aromatic rings. The molecule has 3 nitrogen and oxygen atoms in total. The van der Waals surface area contributed by atoms with Crippen molar-refractivity contribution in [2.45, 2.75) is 45.3 Å². The van der Waals surface area contributed by atoms with Gasteiger partial charge in [0.25, 0.3) is 0 Å². The maximum atomic E-state index is 6.02. The van der Waals surface area contributed by atoms with Gasteiger partial charge in [0, 0.05) is 12.6 Å². The van der Waals surface area contributed by atoms with Crippen LogP contribution in [0.5, 0.6) is 5.75 Å². The van der Waals surface area contributed by atoms with Gasteiger partial charge in [0.2, 0.25) is 0 Å². The van der Waals surface area contributed by atoms with Gasteiger partial charge >= 0.3 is 0 Å². The van der Waals surface area contributed by atoms with E-state index >= 15 is 0 Å². The third kappa shape index (κ3) is 3.03. The van der Waals surface area contributed by atoms with Crippen molar-refractivity contribution in [3.05, 3.63) is 24.3 Å². The molecule has 104 valence electrons. The second-order valence-corrected chi connectivity index (χ2v) is 6.63. The van der Waals surface area contributed by atoms with E-state index < -0.39 is 0 Å². The first-order chi connectivity index (χ1) is 9.12. The van der Waals surface area contributed by atoms with Crippen LogP contribution in [0.4, 0.5) is 5.69 Å². The lowest BCUT2D eigenvalue weighted by atomic mass is 9.92. The molecule has 1 heterocycles. The van der Waals surface area contributed by atoms with Gasteiger partial charge in [-0.25, -0.2) is 0 Å². The van der Waals surface area contributed by atoms with Gasteiger partial charge in [-0.1, -0.05) is 26.0 Å². The van der Waals surface area contributed by atoms with E-state index in [1.165, 1.54) is 19.3 Å². The molecule has 2 atom stereocenters. The molecule has 0 amide bonds. The quantitative estimate of drug-likeness (QED) is 0.876. The van der Waals surface area contributed by atoms with Crippen molar-refractivity contribution >= 4 is 5.69 Å². The monoisotopic (exact) mass is 260 g/mol. The van der Waals surface area contributed by atoms with Crippen molar-refractivity contribution in [2.24, 2.45) is 5.41 Å². The zero-order valence-corrected chi connectivity index (χ0v) is 11.9. The number of hydrogen-bond acceptors (Lipinski definition) is 3. The second-order valence-electron chi connectivity index (χ2n) is 6.63. The van der Waals surface area contributed by atoms with Crippen molar-refractivity contribution in [3.8, 4) is 5.75 Å². The average molecular weight is 260 g/mol. The third-order valence-electron chi connectivity index (χ3n) is 4.30. The summed E-state index contributed by atoms with van der Waals surface area (Å²) < 4.78 is 6.02. The van der Waals surface area contributed by atoms with Crippen LogP contribution in [0.2, 0.25) is 0 Å². The molecule has 2 unspecified atom stereocenters. The van der Waals surface area contributed by atoms with Crippen LogP contribution in [-0.4, -0.2) is 25.2 Å². The number of rotatable bonds is 3. The molecule has 1 fully saturated rings. The highest BCUT2D eigenvalue weighted by Gasteiger charge is 2.31. The lowest BCUT2D eigenvalue weighted by Crippen LogP contribution is -2.42. The predicted molar refractivity (Wildman–Crippen MR) is 78.8 cm³/mol. The Morgan fingerprint density at radius 2 is 2.21 bits per heavy atom. The van der Waals surface area contributed by atoms with Crippen LogP contribution in [0.15, 0.2) is 24.3 Å². The minimum absolute atomic E-state index is 0.235. The molecule has 0 saturated heterocycles. The van der Waals surface area contributed by atoms with E-state index in [2.05, 4.69) is 30.5 Å². The Hall–Kier alpha value is -1.22. The molecule has 0 spiro atoms. The van der Waals surface area contributed by atoms with Crippen molar-refractivity contribution in [3.63, 3.8) is 0 Å². The van der Waals surface area contributed by atoms with Crippen LogP contribution in [-0.2, 0) is 0 Å². The summed E-state index contributed by atoms with van der Waals surface area (Å²) in [6, 6.07) is 8.83. The number of ether oxygens (including phenoxy) is 1. The van der Waals surface area contributed by atoms with Crippen molar-refractivity contribution in [1.29, 1.82) is 0 Å². The average Bonchev–Trinajstić information content (AvgIpc) is 2.76. The maximum Gasteiger partial charge on any atom is 0.142 e. The predicted octanol–water partition coefficient (Wildman–Crippen LogP) is 3.03. The fraction of sp³-hybridized carbons (Fsp3) is 0.625. The molecule has 1 saturated carbocycles. The number of nitrogens with one attached hydrogen (secondary N) is 2. The molecule has 1 aromatic carbocycles. The fourth-order valence-electron chi connectivity index (χ4n) is 3.18. The van der Waals surface area contributed by atoms with Crippen LogP contribution in [0.3, 0.4) is 0 Å². The summed E-state index contributed by atoms with van der Waals surface area (Å²) in [6.45, 7) is 6.55. The third-order valence-corrected chi connectivity index (χ3v) is 4.30. The molecule has 19 heavy (non-hydrogen) atoms. The van der Waals surface area contributed by atoms with Gasteiger partial charge in [0.15, 0.2) is 0 Å². The minimum Gasteiger partial charge on any atom is -0.485 e. The lowest BCUT2D eigenvalue weighted by Gasteiger charge is -2.28. The lowest BCUT2D eigenvalue weighted by molar-refractivity contribution is 0.195. The summed E-state index contributed by atoms with van der Waals surface area (Å²) >= 11 is 0. The van der Waals surface area contributed by atoms with E-state index in [1.54, 1.807) is 0 Å². The van der Waals surface area contributed by atoms with E-state index in [9.17, 15) is 0 Å². The van der Waals surface area contributed by atoms with E-state index in [0.29, 0.717) is 11.5 Å². The smallest absolute Gasteiger partial charge is 0.142 e. The number of anilines is 1. The normalized spacial score (nSPS) is 28.3. The van der Waals surface area contributed by atoms with E-state index in [-0.39, 0.29) is 6.10 Å². The Labute approximate surface area is 115 Å². The van der Waals surface area contributed by atoms with Gasteiger partial charge in [-0.3, -0.25) is 0 Å². The summed E-state index contributed by atoms with van der Waals surface area (Å²) in [5.41, 5.74) is 1.62. The Balaban J connectivity index is 1.50. The Morgan fingerprint density at radius 3 is 3.00 bits per heavy atom. The van der Waals surface area contributed by atoms with Gasteiger partial charge < -0.3 is 15.4 Å². The molecule has 2 aliphatic rings. The van der Waals surface area contributed by atoms with Crippen molar-refractivity contribution < 1.29 is 4.74 Å². The highest BCUT2D eigenvalue weighted by molar-refractivity contribution is 5.57. The Morgan fingerprint density at radius 1 is 1.37 bits per heavy atom. The molecule has 0 bridgehead atoms. The molecule has 1 aliphatic heterocycles. The minimum atomic E-state index is 0.235. The van der Waals surface area contributed by atoms with E-state index in [1.807, 2.05) is 18.2 Å². The van der Waals surface area contributed by atoms with E-state index in [0.717, 1.165) is 24.5 Å². The first-order valence-electron chi connectivity index (χ1n) is 7.35. The Kier molecular flexibility index (Phi) is 3.40. The van der Waals surface area contributed by atoms with Gasteiger partial charge in [0.1, 0.15) is 11.9 Å². The van der Waals surface area contributed by atoms with E-state index in [4.69, 9.17) is 4.74 Å². The highest BCUT2D eigenvalue weighted by atomic mass is 16.5. The summed E-state index contributed by atoms with van der Waals surface area (Å²) in [5, 5.41) is 7.11. The highest BCUT2D eigenvalue weighted by Crippen LogP contribution is 2.37. The van der Waals surface area contributed by atoms with Crippen LogP contribution in [0.25, 0.3) is 0 Å². The Bertz CT molecular complexity index is 444. The molecule has 3 rings (SSSR count). The number of hydrogen-bond donors (Lipinski definition) is 2. The zero-order chi connectivity index (χ0) is 13.3. The number of para-hydroxylation sites is 2. The standard InChI is InChI=1S/C16H24N2O/c1-16(2)8-7-12(9-16)17-10-13-11-18-14-5-3-4-6-15(14)19-13/h3-6,12-13,17-18H,7-11H2,1-2H3. The van der Waals surface area contributed by atoms with Crippen molar-refractivity contribution in [1.82, 2.24) is 5.32 Å². The molecule has 0 radical (unpaired) electrons. The van der Waals surface area contributed by atoms with Crippen molar-refractivity contribution in [2.75, 3.05) is 18.4 Å². The molecular formula is C16H24N2O. The molecule has 1 aliphatic carbocycles. The molecule has 0 aromatic heterocycles. The topological polar surface area (TPSA) is 33.3 Å². The van der Waals surface area contributed by atoms with Gasteiger partial charge in [0.05, 0.1) is 12.2 Å². The summed E-state index contributed by atoms with van der Waals surface area (Å²) in [7, 11) is 0. The summed E-state index contributed by atoms with van der Waals surface area (Å²) in [6.07, 6.45) is 4.14. The molecular weight excluding hydrogens is 236 g/mol. The fourth-order valence-corrected chi connectivity index (χ4v) is 3.18. The van der Waals surface area contributed by atoms with Crippen LogP contribution in [0, 0.1) is 5.41 Å². The van der Waals surface area contributed by atoms with Crippen LogP contribution < -0.4 is 15.4 Å². The van der Waals surface area contributed by atoms with Gasteiger partial charge in [-0.05, 0) is 36.8 Å². The summed E-state index contributed by atoms with van der Waals surface area (Å²) in [4.78, 5) is 0. The SMILES string of the molecule is CC1(C)CCC(NCC2CNc3ccccc3O2)C1. The summed E-state index contributed by atoms with van der Waals surface area (Å²) in [5.74, 6) is 0.979. The maximum absolute atomic E-state index is 6.02. The number of fused-ring (bicyclic) bond motifs is 1.